The highest BCUT2D eigenvalue weighted by Gasteiger charge is 2.52. The van der Waals surface area contributed by atoms with Crippen molar-refractivity contribution in [3.05, 3.63) is 74.6 Å². The third-order valence-corrected chi connectivity index (χ3v) is 8.24. The lowest BCUT2D eigenvalue weighted by Crippen LogP contribution is -2.18. The smallest absolute Gasteiger partial charge is 0.303 e. The third kappa shape index (κ3) is 5.92. The second-order valence-electron chi connectivity index (χ2n) is 10.5. The molecule has 1 N–H and O–H groups in total. The standard InChI is InChI=1S/C29H32BrF2N3O3/c1-35-26(38-11-8-23-7-6-18-4-2-3-5-25(18)33-23)17-24(34-35)14-20(15-27(36)37)19-12-21(16-22(30)13-19)29(9-10-29)28(31)32/h6-7,12-13,16-17,20,28H,2-5,8-11,14-15H2,1H3,(H,36,37). The lowest BCUT2D eigenvalue weighted by molar-refractivity contribution is -0.137. The number of pyridine rings is 1. The minimum Gasteiger partial charge on any atom is -0.481 e. The second-order valence-corrected chi connectivity index (χ2v) is 11.5. The van der Waals surface area contributed by atoms with E-state index in [1.807, 2.05) is 12.1 Å². The maximum absolute atomic E-state index is 13.8. The molecule has 1 atom stereocenters. The van der Waals surface area contributed by atoms with Crippen LogP contribution >= 0.6 is 15.9 Å². The van der Waals surface area contributed by atoms with Crippen molar-refractivity contribution in [2.24, 2.45) is 7.05 Å². The Balaban J connectivity index is 1.28. The van der Waals surface area contributed by atoms with E-state index in [0.717, 1.165) is 24.1 Å². The summed E-state index contributed by atoms with van der Waals surface area (Å²) >= 11 is 3.45. The average Bonchev–Trinajstić information content (AvgIpc) is 3.63. The molecule has 0 saturated heterocycles. The van der Waals surface area contributed by atoms with Crippen LogP contribution in [0.4, 0.5) is 8.78 Å². The lowest BCUT2D eigenvalue weighted by atomic mass is 9.87. The molecule has 38 heavy (non-hydrogen) atoms. The number of carboxylic acids is 1. The number of carbonyl (C=O) groups is 1. The van der Waals surface area contributed by atoms with Crippen molar-refractivity contribution in [1.82, 2.24) is 14.8 Å². The van der Waals surface area contributed by atoms with Gasteiger partial charge in [-0.15, -0.1) is 0 Å². The predicted molar refractivity (Wildman–Crippen MR) is 143 cm³/mol. The minimum atomic E-state index is -2.45. The van der Waals surface area contributed by atoms with Crippen LogP contribution in [0.5, 0.6) is 5.88 Å². The molecule has 2 heterocycles. The molecular formula is C29H32BrF2N3O3. The number of fused-ring (bicyclic) bond motifs is 1. The number of benzene rings is 1. The zero-order valence-corrected chi connectivity index (χ0v) is 23.0. The minimum absolute atomic E-state index is 0.131. The molecule has 6 nitrogen and oxygen atoms in total. The van der Waals surface area contributed by atoms with E-state index >= 15 is 0 Å². The summed E-state index contributed by atoms with van der Waals surface area (Å²) in [6, 6.07) is 11.4. The first-order valence-corrected chi connectivity index (χ1v) is 14.0. The molecule has 3 aromatic rings. The molecule has 2 aliphatic carbocycles. The van der Waals surface area contributed by atoms with E-state index in [0.29, 0.717) is 53.9 Å². The van der Waals surface area contributed by atoms with Crippen LogP contribution in [-0.4, -0.2) is 38.9 Å². The summed E-state index contributed by atoms with van der Waals surface area (Å²) in [4.78, 5) is 16.5. The van der Waals surface area contributed by atoms with Crippen molar-refractivity contribution >= 4 is 21.9 Å². The molecule has 0 bridgehead atoms. The van der Waals surface area contributed by atoms with Gasteiger partial charge in [-0.1, -0.05) is 28.1 Å². The summed E-state index contributed by atoms with van der Waals surface area (Å²) < 4.78 is 35.9. The largest absolute Gasteiger partial charge is 0.481 e. The van der Waals surface area contributed by atoms with E-state index in [1.54, 1.807) is 23.9 Å². The number of alkyl halides is 2. The van der Waals surface area contributed by atoms with Gasteiger partial charge in [-0.05, 0) is 85.8 Å². The van der Waals surface area contributed by atoms with Crippen LogP contribution in [0.25, 0.3) is 0 Å². The van der Waals surface area contributed by atoms with Gasteiger partial charge >= 0.3 is 5.97 Å². The number of ether oxygens (including phenoxy) is 1. The molecule has 2 aliphatic rings. The van der Waals surface area contributed by atoms with E-state index < -0.39 is 23.7 Å². The molecule has 5 rings (SSSR count). The van der Waals surface area contributed by atoms with Gasteiger partial charge in [0.15, 0.2) is 0 Å². The highest BCUT2D eigenvalue weighted by atomic mass is 79.9. The lowest BCUT2D eigenvalue weighted by Gasteiger charge is -2.20. The number of rotatable bonds is 11. The quantitative estimate of drug-likeness (QED) is 0.290. The number of aromatic nitrogens is 3. The first-order chi connectivity index (χ1) is 18.2. The van der Waals surface area contributed by atoms with Crippen LogP contribution in [0, 0.1) is 0 Å². The molecule has 0 amide bonds. The van der Waals surface area contributed by atoms with Gasteiger partial charge in [0.1, 0.15) is 0 Å². The molecule has 0 spiro atoms. The predicted octanol–water partition coefficient (Wildman–Crippen LogP) is 6.18. The molecule has 9 heteroatoms. The summed E-state index contributed by atoms with van der Waals surface area (Å²) in [5.41, 5.74) is 4.42. The van der Waals surface area contributed by atoms with Crippen molar-refractivity contribution in [2.45, 2.75) is 75.5 Å². The van der Waals surface area contributed by atoms with Gasteiger partial charge in [0.2, 0.25) is 12.3 Å². The van der Waals surface area contributed by atoms with Gasteiger partial charge in [0, 0.05) is 35.4 Å². The maximum atomic E-state index is 13.8. The van der Waals surface area contributed by atoms with Crippen LogP contribution in [-0.2, 0) is 42.9 Å². The molecule has 1 saturated carbocycles. The number of nitrogens with zero attached hydrogens (tertiary/aromatic N) is 3. The Morgan fingerprint density at radius 2 is 1.95 bits per heavy atom. The maximum Gasteiger partial charge on any atom is 0.303 e. The Kier molecular flexibility index (Phi) is 7.84. The molecule has 2 aromatic heterocycles. The highest BCUT2D eigenvalue weighted by Crippen LogP contribution is 2.53. The van der Waals surface area contributed by atoms with Gasteiger partial charge in [0.25, 0.3) is 0 Å². The zero-order chi connectivity index (χ0) is 26.9. The fourth-order valence-corrected chi connectivity index (χ4v) is 5.95. The van der Waals surface area contributed by atoms with Gasteiger partial charge in [-0.2, -0.15) is 5.10 Å². The van der Waals surface area contributed by atoms with Crippen LogP contribution < -0.4 is 4.74 Å². The second kappa shape index (κ2) is 11.1. The molecule has 1 fully saturated rings. The Labute approximate surface area is 229 Å². The van der Waals surface area contributed by atoms with Crippen LogP contribution in [0.2, 0.25) is 0 Å². The summed E-state index contributed by atoms with van der Waals surface area (Å²) in [7, 11) is 1.79. The number of hydrogen-bond acceptors (Lipinski definition) is 4. The van der Waals surface area contributed by atoms with Crippen LogP contribution in [0.15, 0.2) is 40.9 Å². The van der Waals surface area contributed by atoms with Crippen molar-refractivity contribution in [2.75, 3.05) is 6.61 Å². The number of carboxylic acid groups (broad SMARTS) is 1. The van der Waals surface area contributed by atoms with Crippen LogP contribution in [0.3, 0.4) is 0 Å². The van der Waals surface area contributed by atoms with Gasteiger partial charge in [-0.3, -0.25) is 9.78 Å². The van der Waals surface area contributed by atoms with Crippen molar-refractivity contribution < 1.29 is 23.4 Å². The Morgan fingerprint density at radius 1 is 1.16 bits per heavy atom. The summed E-state index contributed by atoms with van der Waals surface area (Å²) in [6.07, 6.45) is 3.89. The Hall–Kier alpha value is -2.81. The van der Waals surface area contributed by atoms with E-state index in [2.05, 4.69) is 33.2 Å². The van der Waals surface area contributed by atoms with Gasteiger partial charge < -0.3 is 9.84 Å². The van der Waals surface area contributed by atoms with E-state index in [-0.39, 0.29) is 6.42 Å². The Morgan fingerprint density at radius 3 is 2.68 bits per heavy atom. The highest BCUT2D eigenvalue weighted by molar-refractivity contribution is 9.10. The van der Waals surface area contributed by atoms with Gasteiger partial charge in [-0.25, -0.2) is 13.5 Å². The SMILES string of the molecule is Cn1nc(CC(CC(=O)O)c2cc(Br)cc(C3(C(F)F)CC3)c2)cc1OCCc1ccc2c(n1)CCCC2. The number of hydrogen-bond donors (Lipinski definition) is 1. The number of aryl methyl sites for hydroxylation is 3. The van der Waals surface area contributed by atoms with Crippen molar-refractivity contribution in [3.8, 4) is 5.88 Å². The fraction of sp³-hybridized carbons (Fsp3) is 0.483. The molecular weight excluding hydrogens is 556 g/mol. The molecule has 1 aromatic carbocycles. The molecule has 0 aliphatic heterocycles. The normalized spacial score (nSPS) is 16.8. The van der Waals surface area contributed by atoms with Gasteiger partial charge in [0.05, 0.1) is 24.1 Å². The van der Waals surface area contributed by atoms with Crippen molar-refractivity contribution in [3.63, 3.8) is 0 Å². The topological polar surface area (TPSA) is 77.2 Å². The van der Waals surface area contributed by atoms with E-state index in [4.69, 9.17) is 9.72 Å². The summed E-state index contributed by atoms with van der Waals surface area (Å²) in [5.74, 6) is -0.771. The number of halogens is 3. The molecule has 202 valence electrons. The number of aliphatic carboxylic acids is 1. The third-order valence-electron chi connectivity index (χ3n) is 7.78. The first-order valence-electron chi connectivity index (χ1n) is 13.2. The van der Waals surface area contributed by atoms with E-state index in [1.165, 1.54) is 24.1 Å². The summed E-state index contributed by atoms with van der Waals surface area (Å²) in [5, 5.41) is 14.1. The zero-order valence-electron chi connectivity index (χ0n) is 21.4. The van der Waals surface area contributed by atoms with E-state index in [9.17, 15) is 18.7 Å². The monoisotopic (exact) mass is 587 g/mol. The van der Waals surface area contributed by atoms with Crippen molar-refractivity contribution in [1.29, 1.82) is 0 Å². The average molecular weight is 588 g/mol. The first kappa shape index (κ1) is 26.8. The summed E-state index contributed by atoms with van der Waals surface area (Å²) in [6.45, 7) is 0.452. The Bertz CT molecular complexity index is 1320. The molecule has 0 radical (unpaired) electrons. The van der Waals surface area contributed by atoms with Crippen LogP contribution in [0.1, 0.15) is 71.8 Å². The fourth-order valence-electron chi connectivity index (χ4n) is 5.44. The molecule has 1 unspecified atom stereocenters.